The minimum Gasteiger partial charge on any atom is -0.371 e. The molecule has 1 aromatic rings. The lowest BCUT2D eigenvalue weighted by Gasteiger charge is -2.42. The van der Waals surface area contributed by atoms with Crippen molar-refractivity contribution in [2.24, 2.45) is 5.92 Å². The number of ketones is 1. The summed E-state index contributed by atoms with van der Waals surface area (Å²) in [4.78, 5) is 31.2. The number of piperazine rings is 1. The third kappa shape index (κ3) is 3.93. The highest BCUT2D eigenvalue weighted by Gasteiger charge is 2.35. The highest BCUT2D eigenvalue weighted by Crippen LogP contribution is 2.26. The van der Waals surface area contributed by atoms with Crippen LogP contribution in [0.1, 0.15) is 44.5 Å². The van der Waals surface area contributed by atoms with Crippen molar-refractivity contribution in [3.05, 3.63) is 29.8 Å². The second-order valence-electron chi connectivity index (χ2n) is 8.00. The van der Waals surface area contributed by atoms with Crippen molar-refractivity contribution in [2.75, 3.05) is 37.6 Å². The van der Waals surface area contributed by atoms with E-state index in [-0.39, 0.29) is 11.7 Å². The minimum absolute atomic E-state index is 0.0836. The van der Waals surface area contributed by atoms with Crippen LogP contribution in [0.5, 0.6) is 0 Å². The molecule has 0 aromatic heterocycles. The molecule has 2 aliphatic heterocycles. The summed E-state index contributed by atoms with van der Waals surface area (Å²) < 4.78 is 0. The van der Waals surface area contributed by atoms with E-state index in [4.69, 9.17) is 0 Å². The number of Topliss-reactive ketones (excluding diaryl/α,β-unsaturated/α-hetero) is 1. The molecule has 1 amide bonds. The molecule has 2 aliphatic rings. The van der Waals surface area contributed by atoms with E-state index in [1.165, 1.54) is 0 Å². The third-order valence-electron chi connectivity index (χ3n) is 5.83. The van der Waals surface area contributed by atoms with Crippen LogP contribution in [0.15, 0.2) is 24.3 Å². The quantitative estimate of drug-likeness (QED) is 0.777. The lowest BCUT2D eigenvalue weighted by Crippen LogP contribution is -2.56. The van der Waals surface area contributed by atoms with E-state index in [2.05, 4.69) is 35.5 Å². The number of amides is 1. The molecule has 0 bridgehead atoms. The maximum Gasteiger partial charge on any atom is 0.227 e. The number of carbonyl (C=O) groups is 2. The molecule has 0 saturated carbocycles. The molecular weight excluding hydrogens is 326 g/mol. The van der Waals surface area contributed by atoms with E-state index < -0.39 is 0 Å². The number of carbonyl (C=O) groups excluding carboxylic acids is 2. The van der Waals surface area contributed by atoms with Crippen molar-refractivity contribution in [2.45, 2.75) is 46.2 Å². The van der Waals surface area contributed by atoms with Crippen LogP contribution < -0.4 is 4.90 Å². The van der Waals surface area contributed by atoms with Crippen molar-refractivity contribution >= 4 is 17.4 Å². The van der Waals surface area contributed by atoms with Gasteiger partial charge in [-0.1, -0.05) is 0 Å². The molecule has 26 heavy (non-hydrogen) atoms. The number of anilines is 1. The molecule has 2 saturated heterocycles. The van der Waals surface area contributed by atoms with Crippen LogP contribution in [0, 0.1) is 5.92 Å². The van der Waals surface area contributed by atoms with Crippen LogP contribution in [0.3, 0.4) is 0 Å². The normalized spacial score (nSPS) is 24.3. The summed E-state index contributed by atoms with van der Waals surface area (Å²) in [6.45, 7) is 12.6. The Kier molecular flexibility index (Phi) is 5.66. The smallest absolute Gasteiger partial charge is 0.227 e. The fraction of sp³-hybridized carbons (Fsp3) is 0.619. The SMILES string of the molecule is CC(=O)c1ccc(N2CC[C@H](C(=O)N3CCN(C(C)C)[C@@H](C)C3)C2)cc1. The van der Waals surface area contributed by atoms with Gasteiger partial charge in [-0.2, -0.15) is 0 Å². The Labute approximate surface area is 156 Å². The third-order valence-corrected chi connectivity index (χ3v) is 5.83. The van der Waals surface area contributed by atoms with Crippen molar-refractivity contribution in [1.29, 1.82) is 0 Å². The Balaban J connectivity index is 1.58. The average Bonchev–Trinajstić information content (AvgIpc) is 3.10. The van der Waals surface area contributed by atoms with Gasteiger partial charge in [-0.15, -0.1) is 0 Å². The van der Waals surface area contributed by atoms with E-state index in [1.54, 1.807) is 6.92 Å². The van der Waals surface area contributed by atoms with Crippen LogP contribution in [0.4, 0.5) is 5.69 Å². The van der Waals surface area contributed by atoms with Gasteiger partial charge in [-0.05, 0) is 58.4 Å². The van der Waals surface area contributed by atoms with Crippen LogP contribution in [-0.2, 0) is 4.79 Å². The van der Waals surface area contributed by atoms with Gasteiger partial charge in [0.25, 0.3) is 0 Å². The molecule has 5 heteroatoms. The fourth-order valence-corrected chi connectivity index (χ4v) is 4.30. The lowest BCUT2D eigenvalue weighted by molar-refractivity contribution is -0.138. The van der Waals surface area contributed by atoms with E-state index in [9.17, 15) is 9.59 Å². The number of hydrogen-bond donors (Lipinski definition) is 0. The van der Waals surface area contributed by atoms with Gasteiger partial charge in [0.1, 0.15) is 0 Å². The van der Waals surface area contributed by atoms with Crippen molar-refractivity contribution in [3.8, 4) is 0 Å². The predicted octanol–water partition coefficient (Wildman–Crippen LogP) is 2.66. The van der Waals surface area contributed by atoms with E-state index in [0.29, 0.717) is 18.0 Å². The zero-order chi connectivity index (χ0) is 18.8. The number of nitrogens with zero attached hydrogens (tertiary/aromatic N) is 3. The molecule has 5 nitrogen and oxygen atoms in total. The summed E-state index contributed by atoms with van der Waals surface area (Å²) in [6.07, 6.45) is 0.909. The summed E-state index contributed by atoms with van der Waals surface area (Å²) in [5.41, 5.74) is 1.83. The van der Waals surface area contributed by atoms with E-state index in [1.807, 2.05) is 24.3 Å². The zero-order valence-corrected chi connectivity index (χ0v) is 16.4. The Morgan fingerprint density at radius 1 is 1.04 bits per heavy atom. The molecule has 0 radical (unpaired) electrons. The average molecular weight is 357 g/mol. The topological polar surface area (TPSA) is 43.9 Å². The van der Waals surface area contributed by atoms with Gasteiger partial charge in [0.15, 0.2) is 5.78 Å². The maximum atomic E-state index is 13.0. The molecule has 2 atom stereocenters. The number of rotatable bonds is 4. The van der Waals surface area contributed by atoms with Crippen LogP contribution in [0.2, 0.25) is 0 Å². The van der Waals surface area contributed by atoms with Gasteiger partial charge >= 0.3 is 0 Å². The van der Waals surface area contributed by atoms with E-state index in [0.717, 1.165) is 50.4 Å². The molecule has 0 spiro atoms. The van der Waals surface area contributed by atoms with Gasteiger partial charge in [0.2, 0.25) is 5.91 Å². The molecule has 2 heterocycles. The first-order valence-electron chi connectivity index (χ1n) is 9.77. The Hall–Kier alpha value is -1.88. The van der Waals surface area contributed by atoms with Crippen molar-refractivity contribution in [1.82, 2.24) is 9.80 Å². The second kappa shape index (κ2) is 7.78. The second-order valence-corrected chi connectivity index (χ2v) is 8.00. The van der Waals surface area contributed by atoms with Gasteiger partial charge in [-0.25, -0.2) is 0 Å². The lowest BCUT2D eigenvalue weighted by atomic mass is 10.0. The fourth-order valence-electron chi connectivity index (χ4n) is 4.30. The number of hydrogen-bond acceptors (Lipinski definition) is 4. The Bertz CT molecular complexity index is 656. The van der Waals surface area contributed by atoms with Crippen LogP contribution >= 0.6 is 0 Å². The molecular formula is C21H31N3O2. The van der Waals surface area contributed by atoms with Crippen LogP contribution in [0.25, 0.3) is 0 Å². The zero-order valence-electron chi connectivity index (χ0n) is 16.4. The van der Waals surface area contributed by atoms with Crippen molar-refractivity contribution < 1.29 is 9.59 Å². The van der Waals surface area contributed by atoms with Crippen molar-refractivity contribution in [3.63, 3.8) is 0 Å². The largest absolute Gasteiger partial charge is 0.371 e. The van der Waals surface area contributed by atoms with Gasteiger partial charge in [0, 0.05) is 56.1 Å². The highest BCUT2D eigenvalue weighted by atomic mass is 16.2. The van der Waals surface area contributed by atoms with Gasteiger partial charge in [0.05, 0.1) is 5.92 Å². The minimum atomic E-state index is 0.0836. The summed E-state index contributed by atoms with van der Waals surface area (Å²) >= 11 is 0. The molecule has 3 rings (SSSR count). The molecule has 1 aromatic carbocycles. The van der Waals surface area contributed by atoms with Gasteiger partial charge < -0.3 is 9.80 Å². The molecule has 0 unspecified atom stereocenters. The summed E-state index contributed by atoms with van der Waals surface area (Å²) in [6, 6.07) is 8.69. The molecule has 0 aliphatic carbocycles. The first-order chi connectivity index (χ1) is 12.4. The number of benzene rings is 1. The predicted molar refractivity (Wildman–Crippen MR) is 105 cm³/mol. The Morgan fingerprint density at radius 2 is 1.73 bits per heavy atom. The molecule has 0 N–H and O–H groups in total. The summed E-state index contributed by atoms with van der Waals surface area (Å²) in [7, 11) is 0. The standard InChI is InChI=1S/C21H31N3O2/c1-15(2)24-12-11-23(13-16(24)3)21(26)19-9-10-22(14-19)20-7-5-18(6-8-20)17(4)25/h5-8,15-16,19H,9-14H2,1-4H3/t16-,19-/m0/s1. The first-order valence-corrected chi connectivity index (χ1v) is 9.77. The van der Waals surface area contributed by atoms with Gasteiger partial charge in [-0.3, -0.25) is 14.5 Å². The molecule has 142 valence electrons. The molecule has 2 fully saturated rings. The monoisotopic (exact) mass is 357 g/mol. The maximum absolute atomic E-state index is 13.0. The summed E-state index contributed by atoms with van der Waals surface area (Å²) in [5.74, 6) is 0.476. The van der Waals surface area contributed by atoms with Crippen LogP contribution in [-0.4, -0.2) is 66.3 Å². The first kappa shape index (κ1) is 18.9. The highest BCUT2D eigenvalue weighted by molar-refractivity contribution is 5.94. The Morgan fingerprint density at radius 3 is 2.31 bits per heavy atom. The van der Waals surface area contributed by atoms with E-state index >= 15 is 0 Å². The summed E-state index contributed by atoms with van der Waals surface area (Å²) in [5, 5.41) is 0.